The van der Waals surface area contributed by atoms with Gasteiger partial charge in [0, 0.05) is 14.2 Å². The third kappa shape index (κ3) is 3.31. The van der Waals surface area contributed by atoms with Crippen molar-refractivity contribution in [1.82, 2.24) is 0 Å². The predicted molar refractivity (Wildman–Crippen MR) is 82.8 cm³/mol. The summed E-state index contributed by atoms with van der Waals surface area (Å²) in [7, 11) is 0. The number of hydrogen-bond donors (Lipinski definition) is 1. The van der Waals surface area contributed by atoms with E-state index in [1.54, 1.807) is 11.3 Å². The van der Waals surface area contributed by atoms with E-state index in [0.717, 1.165) is 16.5 Å². The van der Waals surface area contributed by atoms with Gasteiger partial charge in [-0.05, 0) is 47.9 Å². The topological polar surface area (TPSA) is 20.2 Å². The van der Waals surface area contributed by atoms with Gasteiger partial charge in [0.25, 0.3) is 0 Å². The van der Waals surface area contributed by atoms with Gasteiger partial charge >= 0.3 is 0 Å². The molecular weight excluding hydrogens is 308 g/mol. The first-order valence-electron chi connectivity index (χ1n) is 5.89. The van der Waals surface area contributed by atoms with Crippen molar-refractivity contribution in [1.29, 1.82) is 0 Å². The average molecular weight is 323 g/mol. The lowest BCUT2D eigenvalue weighted by atomic mass is 10.2. The van der Waals surface area contributed by atoms with Crippen LogP contribution in [0, 0.1) is 0 Å². The fraction of sp³-hybridized carbons (Fsp3) is 0.200. The van der Waals surface area contributed by atoms with Crippen LogP contribution in [0.15, 0.2) is 46.4 Å². The van der Waals surface area contributed by atoms with Crippen LogP contribution in [0.1, 0.15) is 18.2 Å². The molecule has 0 aliphatic carbocycles. The summed E-state index contributed by atoms with van der Waals surface area (Å²) in [6.07, 6.45) is 2.97. The van der Waals surface area contributed by atoms with E-state index in [1.165, 1.54) is 15.3 Å². The minimum Gasteiger partial charge on any atom is -0.392 e. The number of halogens is 1. The van der Waals surface area contributed by atoms with Gasteiger partial charge in [0.15, 0.2) is 0 Å². The van der Waals surface area contributed by atoms with Crippen LogP contribution < -0.4 is 0 Å². The Labute approximate surface area is 120 Å². The van der Waals surface area contributed by atoms with Gasteiger partial charge in [0.1, 0.15) is 0 Å². The van der Waals surface area contributed by atoms with Crippen molar-refractivity contribution in [2.75, 3.05) is 6.61 Å². The summed E-state index contributed by atoms with van der Waals surface area (Å²) in [6, 6.07) is 12.5. The van der Waals surface area contributed by atoms with Crippen LogP contribution in [0.4, 0.5) is 0 Å². The molecule has 0 spiro atoms. The maximum atomic E-state index is 9.18. The first-order chi connectivity index (χ1) is 8.72. The molecule has 2 rings (SSSR count). The van der Waals surface area contributed by atoms with E-state index in [0.29, 0.717) is 0 Å². The molecule has 1 aromatic carbocycles. The van der Waals surface area contributed by atoms with Crippen molar-refractivity contribution >= 4 is 33.3 Å². The highest BCUT2D eigenvalue weighted by molar-refractivity contribution is 9.10. The maximum Gasteiger partial charge on any atom is 0.0645 e. The summed E-state index contributed by atoms with van der Waals surface area (Å²) in [6.45, 7) is 2.20. The summed E-state index contributed by atoms with van der Waals surface area (Å²) >= 11 is 5.23. The quantitative estimate of drug-likeness (QED) is 0.843. The SMILES string of the molecule is CCC(=Cc1ccc(-c2cccc(Br)c2)s1)CO. The molecule has 1 N–H and O–H groups in total. The number of thiophene rings is 1. The van der Waals surface area contributed by atoms with Gasteiger partial charge in [0.05, 0.1) is 6.61 Å². The molecule has 0 unspecified atom stereocenters. The minimum atomic E-state index is 0.140. The second kappa shape index (κ2) is 6.32. The molecule has 2 aromatic rings. The van der Waals surface area contributed by atoms with Gasteiger partial charge in [-0.2, -0.15) is 0 Å². The zero-order valence-electron chi connectivity index (χ0n) is 10.2. The van der Waals surface area contributed by atoms with Crippen LogP contribution in [0.2, 0.25) is 0 Å². The van der Waals surface area contributed by atoms with E-state index in [2.05, 4.69) is 53.2 Å². The van der Waals surface area contributed by atoms with E-state index in [9.17, 15) is 5.11 Å². The number of hydrogen-bond acceptors (Lipinski definition) is 2. The van der Waals surface area contributed by atoms with Crippen molar-refractivity contribution < 1.29 is 5.11 Å². The molecule has 0 aliphatic heterocycles. The van der Waals surface area contributed by atoms with E-state index in [4.69, 9.17) is 0 Å². The van der Waals surface area contributed by atoms with Crippen molar-refractivity contribution in [3.05, 3.63) is 51.3 Å². The lowest BCUT2D eigenvalue weighted by Crippen LogP contribution is -1.86. The van der Waals surface area contributed by atoms with Gasteiger partial charge in [-0.15, -0.1) is 11.3 Å². The molecule has 3 heteroatoms. The molecule has 1 heterocycles. The smallest absolute Gasteiger partial charge is 0.0645 e. The van der Waals surface area contributed by atoms with Crippen LogP contribution in [0.5, 0.6) is 0 Å². The molecule has 1 aromatic heterocycles. The zero-order chi connectivity index (χ0) is 13.0. The van der Waals surface area contributed by atoms with Crippen LogP contribution in [0.3, 0.4) is 0 Å². The summed E-state index contributed by atoms with van der Waals surface area (Å²) < 4.78 is 1.09. The highest BCUT2D eigenvalue weighted by atomic mass is 79.9. The standard InChI is InChI=1S/C15H15BrOS/c1-2-11(10-17)8-14-6-7-15(18-14)12-4-3-5-13(16)9-12/h3-9,17H,2,10H2,1H3. The molecule has 94 valence electrons. The molecule has 0 aliphatic rings. The Kier molecular flexibility index (Phi) is 4.75. The molecule has 0 atom stereocenters. The third-order valence-electron chi connectivity index (χ3n) is 2.74. The van der Waals surface area contributed by atoms with Crippen LogP contribution in [0.25, 0.3) is 16.5 Å². The summed E-state index contributed by atoms with van der Waals surface area (Å²) in [5.74, 6) is 0. The van der Waals surface area contributed by atoms with Crippen LogP contribution in [-0.2, 0) is 0 Å². The minimum absolute atomic E-state index is 0.140. The fourth-order valence-electron chi connectivity index (χ4n) is 1.69. The Morgan fingerprint density at radius 1 is 1.33 bits per heavy atom. The lowest BCUT2D eigenvalue weighted by molar-refractivity contribution is 0.329. The first-order valence-corrected chi connectivity index (χ1v) is 7.50. The number of benzene rings is 1. The summed E-state index contributed by atoms with van der Waals surface area (Å²) in [5, 5.41) is 9.18. The molecular formula is C15H15BrOS. The monoisotopic (exact) mass is 322 g/mol. The fourth-order valence-corrected chi connectivity index (χ4v) is 3.08. The van der Waals surface area contributed by atoms with Gasteiger partial charge in [0.2, 0.25) is 0 Å². The molecule has 0 bridgehead atoms. The van der Waals surface area contributed by atoms with Crippen LogP contribution in [-0.4, -0.2) is 11.7 Å². The van der Waals surface area contributed by atoms with Crippen LogP contribution >= 0.6 is 27.3 Å². The van der Waals surface area contributed by atoms with Gasteiger partial charge in [-0.3, -0.25) is 0 Å². The van der Waals surface area contributed by atoms with Crippen molar-refractivity contribution in [3.63, 3.8) is 0 Å². The number of rotatable bonds is 4. The Bertz CT molecular complexity index is 551. The maximum absolute atomic E-state index is 9.18. The van der Waals surface area contributed by atoms with E-state index >= 15 is 0 Å². The second-order valence-corrected chi connectivity index (χ2v) is 6.06. The molecule has 0 saturated heterocycles. The number of aliphatic hydroxyl groups is 1. The van der Waals surface area contributed by atoms with Crippen molar-refractivity contribution in [2.45, 2.75) is 13.3 Å². The average Bonchev–Trinajstić information content (AvgIpc) is 2.84. The second-order valence-electron chi connectivity index (χ2n) is 4.03. The highest BCUT2D eigenvalue weighted by Crippen LogP contribution is 2.31. The van der Waals surface area contributed by atoms with E-state index < -0.39 is 0 Å². The molecule has 0 fully saturated rings. The summed E-state index contributed by atoms with van der Waals surface area (Å²) in [4.78, 5) is 2.44. The van der Waals surface area contributed by atoms with Gasteiger partial charge in [-0.1, -0.05) is 35.0 Å². The van der Waals surface area contributed by atoms with Gasteiger partial charge < -0.3 is 5.11 Å². The molecule has 1 nitrogen and oxygen atoms in total. The molecule has 18 heavy (non-hydrogen) atoms. The van der Waals surface area contributed by atoms with Crippen molar-refractivity contribution in [2.24, 2.45) is 0 Å². The largest absolute Gasteiger partial charge is 0.392 e. The Hall–Kier alpha value is -0.900. The number of aliphatic hydroxyl groups excluding tert-OH is 1. The van der Waals surface area contributed by atoms with E-state index in [-0.39, 0.29) is 6.61 Å². The molecule has 0 radical (unpaired) electrons. The van der Waals surface area contributed by atoms with Crippen molar-refractivity contribution in [3.8, 4) is 10.4 Å². The Morgan fingerprint density at radius 2 is 2.17 bits per heavy atom. The van der Waals surface area contributed by atoms with E-state index in [1.807, 2.05) is 12.1 Å². The molecule has 0 amide bonds. The first kappa shape index (κ1) is 13.5. The normalized spacial score (nSPS) is 11.8. The zero-order valence-corrected chi connectivity index (χ0v) is 12.6. The third-order valence-corrected chi connectivity index (χ3v) is 4.31. The predicted octanol–water partition coefficient (Wildman–Crippen LogP) is 4.96. The molecule has 0 saturated carbocycles. The highest BCUT2D eigenvalue weighted by Gasteiger charge is 2.02. The summed E-state index contributed by atoms with van der Waals surface area (Å²) in [5.41, 5.74) is 2.29. The van der Waals surface area contributed by atoms with Gasteiger partial charge in [-0.25, -0.2) is 0 Å². The lowest BCUT2D eigenvalue weighted by Gasteiger charge is -1.98. The Morgan fingerprint density at radius 3 is 2.83 bits per heavy atom. The Balaban J connectivity index is 2.28.